The zero-order chi connectivity index (χ0) is 12.3. The van der Waals surface area contributed by atoms with Crippen LogP contribution < -0.4 is 4.74 Å². The topological polar surface area (TPSA) is 9.23 Å². The first kappa shape index (κ1) is 15.4. The van der Waals surface area contributed by atoms with E-state index in [4.69, 9.17) is 4.74 Å². The Morgan fingerprint density at radius 3 is 2.50 bits per heavy atom. The Kier molecular flexibility index (Phi) is 6.04. The molecule has 0 aliphatic heterocycles. The van der Waals surface area contributed by atoms with Crippen LogP contribution in [0.25, 0.3) is 0 Å². The maximum absolute atomic E-state index is 5.88. The average molecular weight is 314 g/mol. The third kappa shape index (κ3) is 3.93. The van der Waals surface area contributed by atoms with Gasteiger partial charge in [0.2, 0.25) is 0 Å². The van der Waals surface area contributed by atoms with Crippen molar-refractivity contribution >= 4 is 0 Å². The van der Waals surface area contributed by atoms with Crippen LogP contribution >= 0.6 is 0 Å². The van der Waals surface area contributed by atoms with E-state index in [0.717, 1.165) is 23.5 Å². The monoisotopic (exact) mass is 314 g/mol. The zero-order valence-electron chi connectivity index (χ0n) is 11.2. The van der Waals surface area contributed by atoms with Gasteiger partial charge in [-0.15, -0.1) is 12.1 Å². The second-order valence-corrected chi connectivity index (χ2v) is 4.27. The van der Waals surface area contributed by atoms with Gasteiger partial charge in [-0.2, -0.15) is 17.7 Å². The normalized spacial score (nSPS) is 9.72. The van der Waals surface area contributed by atoms with E-state index >= 15 is 0 Å². The molecule has 0 unspecified atom stereocenters. The fourth-order valence-electron chi connectivity index (χ4n) is 1.76. The summed E-state index contributed by atoms with van der Waals surface area (Å²) in [5, 5.41) is 0. The first-order valence-electron chi connectivity index (χ1n) is 5.94. The van der Waals surface area contributed by atoms with E-state index in [0.29, 0.717) is 0 Å². The summed E-state index contributed by atoms with van der Waals surface area (Å²) in [6.45, 7) is 6.26. The van der Waals surface area contributed by atoms with Gasteiger partial charge in [0, 0.05) is 38.5 Å². The van der Waals surface area contributed by atoms with E-state index in [9.17, 15) is 0 Å². The van der Waals surface area contributed by atoms with Gasteiger partial charge >= 0.3 is 0 Å². The van der Waals surface area contributed by atoms with Crippen LogP contribution in [0.15, 0.2) is 36.4 Å². The Bertz CT molecular complexity index is 503. The molecule has 1 radical (unpaired) electrons. The zero-order valence-corrected chi connectivity index (χ0v) is 14.0. The summed E-state index contributed by atoms with van der Waals surface area (Å²) in [4.78, 5) is 0. The Morgan fingerprint density at radius 2 is 1.89 bits per heavy atom. The van der Waals surface area contributed by atoms with E-state index in [2.05, 4.69) is 32.0 Å². The van der Waals surface area contributed by atoms with E-state index in [1.165, 1.54) is 11.1 Å². The molecule has 0 bridgehead atoms. The molecule has 91 valence electrons. The van der Waals surface area contributed by atoms with Crippen LogP contribution in [0.3, 0.4) is 0 Å². The predicted molar refractivity (Wildman–Crippen MR) is 70.6 cm³/mol. The quantitative estimate of drug-likeness (QED) is 0.760. The van der Waals surface area contributed by atoms with Gasteiger partial charge in [-0.3, -0.25) is 0 Å². The van der Waals surface area contributed by atoms with Crippen LogP contribution in [0, 0.1) is 19.9 Å². The Morgan fingerprint density at radius 1 is 1.11 bits per heavy atom. The Labute approximate surface area is 134 Å². The van der Waals surface area contributed by atoms with Crippen molar-refractivity contribution in [3.63, 3.8) is 0 Å². The number of aryl methyl sites for hydroxylation is 3. The molecule has 18 heavy (non-hydrogen) atoms. The van der Waals surface area contributed by atoms with E-state index < -0.39 is 0 Å². The molecule has 0 aromatic heterocycles. The van der Waals surface area contributed by atoms with E-state index in [1.54, 1.807) is 0 Å². The fraction of sp³-hybridized carbons (Fsp3) is 0.250. The molecular formula is C16H17OY-. The predicted octanol–water partition coefficient (Wildman–Crippen LogP) is 4.46. The maximum atomic E-state index is 5.88. The van der Waals surface area contributed by atoms with Crippen LogP contribution in [0.1, 0.15) is 23.6 Å². The minimum atomic E-state index is 0. The summed E-state index contributed by atoms with van der Waals surface area (Å²) >= 11 is 0. The first-order valence-corrected chi connectivity index (χ1v) is 5.94. The van der Waals surface area contributed by atoms with Gasteiger partial charge in [0.05, 0.1) is 0 Å². The van der Waals surface area contributed by atoms with Crippen LogP contribution in [-0.4, -0.2) is 0 Å². The second kappa shape index (κ2) is 7.06. The number of hydrogen-bond donors (Lipinski definition) is 0. The van der Waals surface area contributed by atoms with Crippen molar-refractivity contribution < 1.29 is 37.4 Å². The molecule has 0 amide bonds. The van der Waals surface area contributed by atoms with Crippen LogP contribution in [0.4, 0.5) is 0 Å². The molecule has 0 heterocycles. The van der Waals surface area contributed by atoms with Crippen molar-refractivity contribution in [3.8, 4) is 11.5 Å². The summed E-state index contributed by atoms with van der Waals surface area (Å²) in [6.07, 6.45) is 0.979. The van der Waals surface area contributed by atoms with Gasteiger partial charge in [-0.1, -0.05) is 31.5 Å². The van der Waals surface area contributed by atoms with Gasteiger partial charge in [-0.05, 0) is 25.0 Å². The standard InChI is InChI=1S/C16H17O.Y/c1-4-14-11-13(3)7-10-16(14)17-15-8-5-12(2)6-9-15;/h5,7-11H,4H2,1-3H3;/q-1;. The molecule has 0 aliphatic carbocycles. The number of hydrogen-bond acceptors (Lipinski definition) is 1. The van der Waals surface area contributed by atoms with Crippen molar-refractivity contribution in [1.82, 2.24) is 0 Å². The molecule has 0 saturated heterocycles. The van der Waals surface area contributed by atoms with E-state index in [-0.39, 0.29) is 32.7 Å². The molecule has 2 aromatic rings. The molecule has 2 aromatic carbocycles. The van der Waals surface area contributed by atoms with E-state index in [1.807, 2.05) is 31.2 Å². The largest absolute Gasteiger partial charge is 0.516 e. The van der Waals surface area contributed by atoms with Gasteiger partial charge in [0.25, 0.3) is 0 Å². The van der Waals surface area contributed by atoms with Crippen LogP contribution in [0.5, 0.6) is 11.5 Å². The average Bonchev–Trinajstić information content (AvgIpc) is 2.34. The van der Waals surface area contributed by atoms with Gasteiger partial charge in [0.1, 0.15) is 5.75 Å². The van der Waals surface area contributed by atoms with Gasteiger partial charge in [0.15, 0.2) is 0 Å². The van der Waals surface area contributed by atoms with Crippen LogP contribution in [0.2, 0.25) is 0 Å². The number of rotatable bonds is 3. The van der Waals surface area contributed by atoms with Crippen molar-refractivity contribution in [3.05, 3.63) is 59.2 Å². The minimum Gasteiger partial charge on any atom is -0.516 e. The molecule has 0 aliphatic rings. The van der Waals surface area contributed by atoms with Crippen molar-refractivity contribution in [1.29, 1.82) is 0 Å². The molecule has 0 atom stereocenters. The summed E-state index contributed by atoms with van der Waals surface area (Å²) < 4.78 is 5.88. The summed E-state index contributed by atoms with van der Waals surface area (Å²) in [5.41, 5.74) is 3.63. The third-order valence-corrected chi connectivity index (χ3v) is 2.76. The maximum Gasteiger partial charge on any atom is 0.114 e. The van der Waals surface area contributed by atoms with Crippen molar-refractivity contribution in [2.24, 2.45) is 0 Å². The smallest absolute Gasteiger partial charge is 0.114 e. The molecule has 2 rings (SSSR count). The molecule has 2 heteroatoms. The summed E-state index contributed by atoms with van der Waals surface area (Å²) in [7, 11) is 0. The Hall–Kier alpha value is -0.656. The number of ether oxygens (including phenoxy) is 1. The van der Waals surface area contributed by atoms with Crippen molar-refractivity contribution in [2.75, 3.05) is 0 Å². The second-order valence-electron chi connectivity index (χ2n) is 4.27. The SMILES string of the molecule is CCc1cc(C)ccc1Oc1c[c-]c(C)cc1.[Y]. The number of benzene rings is 2. The fourth-order valence-corrected chi connectivity index (χ4v) is 1.76. The molecule has 0 spiro atoms. The summed E-state index contributed by atoms with van der Waals surface area (Å²) in [6, 6.07) is 15.3. The third-order valence-electron chi connectivity index (χ3n) is 2.76. The first-order chi connectivity index (χ1) is 8.19. The minimum absolute atomic E-state index is 0. The molecule has 0 N–H and O–H groups in total. The van der Waals surface area contributed by atoms with Gasteiger partial charge < -0.3 is 4.74 Å². The summed E-state index contributed by atoms with van der Waals surface area (Å²) in [5.74, 6) is 1.78. The van der Waals surface area contributed by atoms with Crippen molar-refractivity contribution in [2.45, 2.75) is 27.2 Å². The molecular weight excluding hydrogens is 297 g/mol. The van der Waals surface area contributed by atoms with Crippen LogP contribution in [-0.2, 0) is 39.1 Å². The molecule has 0 fully saturated rings. The molecule has 1 nitrogen and oxygen atoms in total. The van der Waals surface area contributed by atoms with Gasteiger partial charge in [-0.25, -0.2) is 0 Å². The Balaban J connectivity index is 0.00000162. The molecule has 0 saturated carbocycles.